The van der Waals surface area contributed by atoms with E-state index in [4.69, 9.17) is 0 Å². The van der Waals surface area contributed by atoms with Gasteiger partial charge in [-0.2, -0.15) is 0 Å². The van der Waals surface area contributed by atoms with Gasteiger partial charge in [-0.15, -0.1) is 0 Å². The Hall–Kier alpha value is -0.890. The first-order valence-corrected chi connectivity index (χ1v) is 5.47. The number of rotatable bonds is 2. The molecule has 1 aromatic heterocycles. The Balaban J connectivity index is 1.92. The van der Waals surface area contributed by atoms with Crippen LogP contribution in [-0.4, -0.2) is 18.1 Å². The zero-order valence-electron chi connectivity index (χ0n) is 8.79. The summed E-state index contributed by atoms with van der Waals surface area (Å²) in [5.41, 5.74) is 2.49. The van der Waals surface area contributed by atoms with Crippen molar-refractivity contribution in [3.8, 4) is 0 Å². The van der Waals surface area contributed by atoms with Gasteiger partial charge >= 0.3 is 0 Å². The van der Waals surface area contributed by atoms with Crippen LogP contribution in [0.4, 0.5) is 0 Å². The fraction of sp³-hybridized carbons (Fsp3) is 0.583. The maximum atomic E-state index is 4.44. The van der Waals surface area contributed by atoms with Crippen molar-refractivity contribution < 1.29 is 0 Å². The number of aromatic nitrogens is 1. The lowest BCUT2D eigenvalue weighted by Gasteiger charge is -2.22. The van der Waals surface area contributed by atoms with E-state index >= 15 is 0 Å². The lowest BCUT2D eigenvalue weighted by Crippen LogP contribution is -2.31. The summed E-state index contributed by atoms with van der Waals surface area (Å²) in [5.74, 6) is 0.791. The molecular formula is C12H18N2. The molecule has 2 nitrogen and oxygen atoms in total. The second-order valence-corrected chi connectivity index (χ2v) is 4.24. The van der Waals surface area contributed by atoms with E-state index in [9.17, 15) is 0 Å². The van der Waals surface area contributed by atoms with Crippen LogP contribution in [0, 0.1) is 12.8 Å². The van der Waals surface area contributed by atoms with Crippen LogP contribution in [0.3, 0.4) is 0 Å². The minimum absolute atomic E-state index is 0.791. The third-order valence-corrected chi connectivity index (χ3v) is 2.87. The van der Waals surface area contributed by atoms with Crippen LogP contribution in [0.25, 0.3) is 0 Å². The van der Waals surface area contributed by atoms with Gasteiger partial charge in [-0.3, -0.25) is 4.98 Å². The normalized spacial score (nSPS) is 22.2. The van der Waals surface area contributed by atoms with Crippen LogP contribution in [0.1, 0.15) is 24.1 Å². The van der Waals surface area contributed by atoms with Crippen LogP contribution in [0.5, 0.6) is 0 Å². The van der Waals surface area contributed by atoms with Gasteiger partial charge in [0, 0.05) is 11.9 Å². The zero-order valence-corrected chi connectivity index (χ0v) is 8.79. The molecule has 1 N–H and O–H groups in total. The van der Waals surface area contributed by atoms with Crippen molar-refractivity contribution >= 4 is 0 Å². The molecule has 1 aliphatic heterocycles. The lowest BCUT2D eigenvalue weighted by atomic mass is 9.94. The molecule has 2 rings (SSSR count). The quantitative estimate of drug-likeness (QED) is 0.771. The summed E-state index contributed by atoms with van der Waals surface area (Å²) in [7, 11) is 0. The summed E-state index contributed by atoms with van der Waals surface area (Å²) in [4.78, 5) is 4.44. The molecule has 2 heterocycles. The molecule has 1 aliphatic rings. The summed E-state index contributed by atoms with van der Waals surface area (Å²) >= 11 is 0. The topological polar surface area (TPSA) is 24.9 Å². The Kier molecular flexibility index (Phi) is 3.14. The Bertz CT molecular complexity index is 273. The highest BCUT2D eigenvalue weighted by Crippen LogP contribution is 2.15. The second kappa shape index (κ2) is 4.56. The largest absolute Gasteiger partial charge is 0.316 e. The van der Waals surface area contributed by atoms with Crippen molar-refractivity contribution in [2.24, 2.45) is 5.92 Å². The van der Waals surface area contributed by atoms with Gasteiger partial charge < -0.3 is 5.32 Å². The standard InChI is InChI=1S/C12H18N2/c1-10-4-5-12(14-8-10)7-11-3-2-6-13-9-11/h4-5,8,11,13H,2-3,6-7,9H2,1H3/t11-/m0/s1. The number of hydrogen-bond acceptors (Lipinski definition) is 2. The van der Waals surface area contributed by atoms with Crippen LogP contribution in [-0.2, 0) is 6.42 Å². The van der Waals surface area contributed by atoms with Gasteiger partial charge in [0.05, 0.1) is 0 Å². The van der Waals surface area contributed by atoms with Crippen molar-refractivity contribution in [1.82, 2.24) is 10.3 Å². The summed E-state index contributed by atoms with van der Waals surface area (Å²) in [6, 6.07) is 4.31. The maximum Gasteiger partial charge on any atom is 0.0407 e. The van der Waals surface area contributed by atoms with Crippen molar-refractivity contribution in [2.45, 2.75) is 26.2 Å². The Morgan fingerprint density at radius 2 is 2.43 bits per heavy atom. The second-order valence-electron chi connectivity index (χ2n) is 4.24. The third kappa shape index (κ3) is 2.55. The average molecular weight is 190 g/mol. The molecule has 0 amide bonds. The SMILES string of the molecule is Cc1ccc(C[C@@H]2CCCNC2)nc1. The Morgan fingerprint density at radius 3 is 3.07 bits per heavy atom. The predicted octanol–water partition coefficient (Wildman–Crippen LogP) is 1.93. The molecule has 0 unspecified atom stereocenters. The molecule has 0 saturated carbocycles. The summed E-state index contributed by atoms with van der Waals surface area (Å²) < 4.78 is 0. The first-order chi connectivity index (χ1) is 6.84. The van der Waals surface area contributed by atoms with Crippen LogP contribution in [0.15, 0.2) is 18.3 Å². The van der Waals surface area contributed by atoms with Gasteiger partial charge in [0.2, 0.25) is 0 Å². The zero-order chi connectivity index (χ0) is 9.80. The third-order valence-electron chi connectivity index (χ3n) is 2.87. The highest BCUT2D eigenvalue weighted by Gasteiger charge is 2.13. The molecule has 1 fully saturated rings. The first-order valence-electron chi connectivity index (χ1n) is 5.47. The van der Waals surface area contributed by atoms with Gasteiger partial charge in [-0.25, -0.2) is 0 Å². The molecule has 0 spiro atoms. The van der Waals surface area contributed by atoms with Crippen LogP contribution < -0.4 is 5.32 Å². The molecule has 0 aromatic carbocycles. The molecule has 0 radical (unpaired) electrons. The number of pyridine rings is 1. The predicted molar refractivity (Wildman–Crippen MR) is 58.3 cm³/mol. The minimum atomic E-state index is 0.791. The van der Waals surface area contributed by atoms with Gasteiger partial charge in [0.1, 0.15) is 0 Å². The average Bonchev–Trinajstić information content (AvgIpc) is 2.23. The van der Waals surface area contributed by atoms with Crippen molar-refractivity contribution in [2.75, 3.05) is 13.1 Å². The van der Waals surface area contributed by atoms with Crippen molar-refractivity contribution in [3.05, 3.63) is 29.6 Å². The monoisotopic (exact) mass is 190 g/mol. The number of nitrogens with one attached hydrogen (secondary N) is 1. The molecule has 76 valence electrons. The van der Waals surface area contributed by atoms with E-state index in [-0.39, 0.29) is 0 Å². The molecule has 0 aliphatic carbocycles. The smallest absolute Gasteiger partial charge is 0.0407 e. The summed E-state index contributed by atoms with van der Waals surface area (Å²) in [6.45, 7) is 4.44. The van der Waals surface area contributed by atoms with Crippen molar-refractivity contribution in [1.29, 1.82) is 0 Å². The number of piperidine rings is 1. The van der Waals surface area contributed by atoms with E-state index in [0.717, 1.165) is 18.9 Å². The Morgan fingerprint density at radius 1 is 1.50 bits per heavy atom. The van der Waals surface area contributed by atoms with Crippen molar-refractivity contribution in [3.63, 3.8) is 0 Å². The molecule has 1 saturated heterocycles. The molecule has 1 aromatic rings. The van der Waals surface area contributed by atoms with Crippen LogP contribution >= 0.6 is 0 Å². The fourth-order valence-corrected chi connectivity index (χ4v) is 2.01. The Labute approximate surface area is 85.7 Å². The fourth-order valence-electron chi connectivity index (χ4n) is 2.01. The summed E-state index contributed by atoms with van der Waals surface area (Å²) in [6.07, 6.45) is 5.76. The molecule has 1 atom stereocenters. The van der Waals surface area contributed by atoms with Gasteiger partial charge in [0.15, 0.2) is 0 Å². The highest BCUT2D eigenvalue weighted by molar-refractivity contribution is 5.12. The van der Waals surface area contributed by atoms with Gasteiger partial charge in [0.25, 0.3) is 0 Å². The van der Waals surface area contributed by atoms with Gasteiger partial charge in [-0.1, -0.05) is 6.07 Å². The van der Waals surface area contributed by atoms with E-state index in [0.29, 0.717) is 0 Å². The molecule has 0 bridgehead atoms. The number of hydrogen-bond donors (Lipinski definition) is 1. The first kappa shape index (κ1) is 9.66. The maximum absolute atomic E-state index is 4.44. The summed E-state index contributed by atoms with van der Waals surface area (Å²) in [5, 5.41) is 3.44. The minimum Gasteiger partial charge on any atom is -0.316 e. The van der Waals surface area contributed by atoms with E-state index in [2.05, 4.69) is 29.4 Å². The molecule has 2 heteroatoms. The van der Waals surface area contributed by atoms with E-state index in [1.165, 1.54) is 30.6 Å². The van der Waals surface area contributed by atoms with E-state index in [1.54, 1.807) is 0 Å². The molecular weight excluding hydrogens is 172 g/mol. The van der Waals surface area contributed by atoms with E-state index in [1.807, 2.05) is 6.20 Å². The van der Waals surface area contributed by atoms with E-state index < -0.39 is 0 Å². The number of aryl methyl sites for hydroxylation is 1. The highest BCUT2D eigenvalue weighted by atomic mass is 14.9. The number of nitrogens with zero attached hydrogens (tertiary/aromatic N) is 1. The lowest BCUT2D eigenvalue weighted by molar-refractivity contribution is 0.373. The van der Waals surface area contributed by atoms with Gasteiger partial charge in [-0.05, 0) is 56.8 Å². The molecule has 14 heavy (non-hydrogen) atoms. The van der Waals surface area contributed by atoms with Crippen LogP contribution in [0.2, 0.25) is 0 Å².